The van der Waals surface area contributed by atoms with Crippen molar-refractivity contribution in [3.63, 3.8) is 0 Å². The number of nitrogens with zero attached hydrogens (tertiary/aromatic N) is 2. The fourth-order valence-electron chi connectivity index (χ4n) is 8.07. The van der Waals surface area contributed by atoms with Gasteiger partial charge in [-0.15, -0.1) is 0 Å². The second kappa shape index (κ2) is 18.1. The van der Waals surface area contributed by atoms with E-state index in [-0.39, 0.29) is 83.7 Å². The van der Waals surface area contributed by atoms with Crippen molar-refractivity contribution in [2.24, 2.45) is 0 Å². The third-order valence-electron chi connectivity index (χ3n) is 11.4. The molecule has 64 heavy (non-hydrogen) atoms. The summed E-state index contributed by atoms with van der Waals surface area (Å²) in [6.45, 7) is 0.651. The number of sulfonamides is 1. The zero-order valence-corrected chi connectivity index (χ0v) is 35.1. The first-order valence-corrected chi connectivity index (χ1v) is 22.2. The Hall–Kier alpha value is -7.47. The molecule has 4 heterocycles. The monoisotopic (exact) mass is 886 g/mol. The maximum absolute atomic E-state index is 15.6. The minimum Gasteiger partial charge on any atom is -0.383 e. The van der Waals surface area contributed by atoms with Crippen molar-refractivity contribution in [3.05, 3.63) is 119 Å². The number of carbonyl (C=O) groups is 6. The van der Waals surface area contributed by atoms with Crippen LogP contribution in [0, 0.1) is 5.82 Å². The van der Waals surface area contributed by atoms with Crippen LogP contribution in [-0.2, 0) is 42.2 Å². The molecular formula is C46H43FN8O8S. The van der Waals surface area contributed by atoms with Crippen LogP contribution < -0.4 is 31.7 Å². The van der Waals surface area contributed by atoms with E-state index in [1.54, 1.807) is 36.4 Å². The molecule has 3 aliphatic rings. The minimum absolute atomic E-state index is 0.115. The summed E-state index contributed by atoms with van der Waals surface area (Å²) >= 11 is 0. The molecule has 18 heteroatoms. The zero-order chi connectivity index (χ0) is 45.1. The molecule has 3 aliphatic heterocycles. The molecule has 8 rings (SSSR count). The molecule has 0 aliphatic carbocycles. The summed E-state index contributed by atoms with van der Waals surface area (Å²) in [5.41, 5.74) is 11.5. The average molecular weight is 887 g/mol. The number of hydrogen-bond acceptors (Lipinski definition) is 10. The number of anilines is 4. The molecule has 328 valence electrons. The summed E-state index contributed by atoms with van der Waals surface area (Å²) in [4.78, 5) is 80.1. The van der Waals surface area contributed by atoms with Crippen molar-refractivity contribution in [1.29, 1.82) is 0 Å². The number of amides is 6. The summed E-state index contributed by atoms with van der Waals surface area (Å²) in [6.07, 6.45) is 4.41. The number of piperidine rings is 1. The number of unbranched alkanes of at least 4 members (excludes halogenated alkanes) is 2. The molecule has 1 atom stereocenters. The summed E-state index contributed by atoms with van der Waals surface area (Å²) in [6, 6.07) is 20.8. The van der Waals surface area contributed by atoms with Gasteiger partial charge in [0.15, 0.2) is 0 Å². The van der Waals surface area contributed by atoms with Gasteiger partial charge in [-0.05, 0) is 97.5 Å². The molecule has 0 radical (unpaired) electrons. The van der Waals surface area contributed by atoms with Gasteiger partial charge in [0.25, 0.3) is 21.8 Å². The summed E-state index contributed by atoms with van der Waals surface area (Å²) in [5.74, 6) is -2.46. The number of carbonyl (C=O) groups excluding carboxylic acids is 6. The highest BCUT2D eigenvalue weighted by atomic mass is 32.2. The van der Waals surface area contributed by atoms with Crippen molar-refractivity contribution in [1.82, 2.24) is 20.5 Å². The zero-order valence-electron chi connectivity index (χ0n) is 34.3. The third kappa shape index (κ3) is 9.31. The summed E-state index contributed by atoms with van der Waals surface area (Å²) in [5, 5.41) is 10.7. The number of pyridine rings is 1. The molecule has 0 spiro atoms. The number of nitrogens with one attached hydrogen (secondary N) is 5. The lowest BCUT2D eigenvalue weighted by molar-refractivity contribution is -0.137. The van der Waals surface area contributed by atoms with Gasteiger partial charge in [-0.2, -0.15) is 0 Å². The second-order valence-corrected chi connectivity index (χ2v) is 17.4. The lowest BCUT2D eigenvalue weighted by Crippen LogP contribution is -2.52. The second-order valence-electron chi connectivity index (χ2n) is 15.7. The van der Waals surface area contributed by atoms with Crippen molar-refractivity contribution in [2.45, 2.75) is 68.8 Å². The van der Waals surface area contributed by atoms with Crippen LogP contribution in [0.15, 0.2) is 96.0 Å². The van der Waals surface area contributed by atoms with Gasteiger partial charge in [0.2, 0.25) is 23.6 Å². The van der Waals surface area contributed by atoms with Gasteiger partial charge in [0.05, 0.1) is 4.90 Å². The topological polar surface area (TPSA) is 239 Å². The minimum atomic E-state index is -4.21. The van der Waals surface area contributed by atoms with E-state index in [2.05, 4.69) is 31.0 Å². The number of aromatic nitrogens is 1. The first kappa shape index (κ1) is 43.2. The van der Waals surface area contributed by atoms with E-state index in [4.69, 9.17) is 5.73 Å². The lowest BCUT2D eigenvalue weighted by atomic mass is 9.94. The number of nitrogens with two attached hydrogens (primary N) is 1. The van der Waals surface area contributed by atoms with Gasteiger partial charge in [0, 0.05) is 89.0 Å². The smallest absolute Gasteiger partial charge is 0.261 e. The summed E-state index contributed by atoms with van der Waals surface area (Å²) in [7, 11) is -4.21. The maximum atomic E-state index is 15.6. The lowest BCUT2D eigenvalue weighted by Gasteiger charge is -2.29. The van der Waals surface area contributed by atoms with Crippen molar-refractivity contribution in [3.8, 4) is 22.3 Å². The van der Waals surface area contributed by atoms with E-state index < -0.39 is 27.8 Å². The van der Waals surface area contributed by atoms with Crippen LogP contribution in [0.4, 0.5) is 27.3 Å². The van der Waals surface area contributed by atoms with Gasteiger partial charge in [-0.1, -0.05) is 30.7 Å². The predicted molar refractivity (Wildman–Crippen MR) is 236 cm³/mol. The van der Waals surface area contributed by atoms with Crippen LogP contribution in [0.5, 0.6) is 0 Å². The van der Waals surface area contributed by atoms with Gasteiger partial charge in [-0.25, -0.2) is 17.8 Å². The molecule has 5 aromatic rings. The fourth-order valence-corrected chi connectivity index (χ4v) is 9.14. The normalized spacial score (nSPS) is 15.8. The van der Waals surface area contributed by atoms with Crippen molar-refractivity contribution >= 4 is 68.3 Å². The van der Waals surface area contributed by atoms with E-state index >= 15 is 4.39 Å². The first-order chi connectivity index (χ1) is 30.7. The SMILES string of the molecule is Nc1ncc(-c2ccc(S(=O)(=O)Nc3ccc(NC(=O)CCCCCC(=O)Nc4cccc5c4CN(C4CCC(=O)NC4=O)C5=O)cc3)cc2F)cc1-c1ccc2c(c1)CCNC2=O. The number of benzene rings is 4. The van der Waals surface area contributed by atoms with Gasteiger partial charge in [0.1, 0.15) is 17.7 Å². The van der Waals surface area contributed by atoms with Crippen LogP contribution in [-0.4, -0.2) is 66.3 Å². The molecule has 7 N–H and O–H groups in total. The van der Waals surface area contributed by atoms with Gasteiger partial charge < -0.3 is 26.6 Å². The molecule has 6 amide bonds. The number of halogens is 1. The van der Waals surface area contributed by atoms with Crippen molar-refractivity contribution in [2.75, 3.05) is 27.6 Å². The van der Waals surface area contributed by atoms with Crippen LogP contribution in [0.3, 0.4) is 0 Å². The third-order valence-corrected chi connectivity index (χ3v) is 12.8. The Morgan fingerprint density at radius 2 is 1.53 bits per heavy atom. The highest BCUT2D eigenvalue weighted by molar-refractivity contribution is 7.92. The van der Waals surface area contributed by atoms with E-state index in [1.165, 1.54) is 47.5 Å². The van der Waals surface area contributed by atoms with E-state index in [0.717, 1.165) is 11.6 Å². The number of rotatable bonds is 14. The number of nitrogen functional groups attached to an aromatic ring is 1. The van der Waals surface area contributed by atoms with Gasteiger partial charge in [-0.3, -0.25) is 38.8 Å². The predicted octanol–water partition coefficient (Wildman–Crippen LogP) is 5.51. The quantitative estimate of drug-likeness (QED) is 0.0604. The molecule has 0 saturated carbocycles. The Morgan fingerprint density at radius 3 is 2.28 bits per heavy atom. The first-order valence-electron chi connectivity index (χ1n) is 20.7. The highest BCUT2D eigenvalue weighted by Gasteiger charge is 2.40. The highest BCUT2D eigenvalue weighted by Crippen LogP contribution is 2.35. The largest absolute Gasteiger partial charge is 0.383 e. The molecule has 1 fully saturated rings. The van der Waals surface area contributed by atoms with Crippen LogP contribution >= 0.6 is 0 Å². The maximum Gasteiger partial charge on any atom is 0.261 e. The Balaban J connectivity index is 0.791. The number of fused-ring (bicyclic) bond motifs is 2. The van der Waals surface area contributed by atoms with Gasteiger partial charge >= 0.3 is 0 Å². The molecule has 16 nitrogen and oxygen atoms in total. The Morgan fingerprint density at radius 1 is 0.797 bits per heavy atom. The van der Waals surface area contributed by atoms with E-state index in [0.29, 0.717) is 77.0 Å². The molecule has 0 bridgehead atoms. The standard InChI is InChI=1S/C46H43FN8O8S/c47-37-23-31(14-16-32(37)28-22-35(43(48)50-24-28)26-9-15-33-27(21-26)19-20-49-44(33)59)64(62,63)54-30-12-10-29(11-13-30)51-40(56)7-2-1-3-8-41(57)52-38-6-4-5-34-36(38)25-55(46(34)61)39-17-18-42(58)53-45(39)60/h4-6,9-16,21-24,39,54H,1-3,7-8,17-20,25H2,(H2,48,50)(H,49,59)(H,51,56)(H,52,57)(H,53,58,60). The van der Waals surface area contributed by atoms with Crippen molar-refractivity contribution < 1.29 is 41.6 Å². The molecular weight excluding hydrogens is 844 g/mol. The Bertz CT molecular complexity index is 2850. The average Bonchev–Trinajstić information content (AvgIpc) is 3.60. The van der Waals surface area contributed by atoms with E-state index in [9.17, 15) is 37.2 Å². The van der Waals surface area contributed by atoms with Crippen LogP contribution in [0.1, 0.15) is 76.8 Å². The Labute approximate surface area is 367 Å². The van der Waals surface area contributed by atoms with Crippen LogP contribution in [0.25, 0.3) is 22.3 Å². The molecule has 1 saturated heterocycles. The molecule has 1 aromatic heterocycles. The van der Waals surface area contributed by atoms with E-state index in [1.807, 2.05) is 6.07 Å². The molecule has 4 aromatic carbocycles. The summed E-state index contributed by atoms with van der Waals surface area (Å²) < 4.78 is 44.6. The van der Waals surface area contributed by atoms with Crippen LogP contribution in [0.2, 0.25) is 0 Å². The fraction of sp³-hybridized carbons (Fsp3) is 0.239. The number of imide groups is 1. The molecule has 1 unspecified atom stereocenters. The number of hydrogen-bond donors (Lipinski definition) is 6. The Kier molecular flexibility index (Phi) is 12.2.